The van der Waals surface area contributed by atoms with E-state index in [4.69, 9.17) is 11.6 Å². The number of benzene rings is 2. The van der Waals surface area contributed by atoms with Crippen LogP contribution in [0.15, 0.2) is 54.6 Å². The summed E-state index contributed by atoms with van der Waals surface area (Å²) < 4.78 is 0. The van der Waals surface area contributed by atoms with E-state index in [1.807, 2.05) is 0 Å². The summed E-state index contributed by atoms with van der Waals surface area (Å²) in [5.74, 6) is 0.578. The van der Waals surface area contributed by atoms with E-state index in [-0.39, 0.29) is 0 Å². The quantitative estimate of drug-likeness (QED) is 0.793. The Balaban J connectivity index is 1.70. The first kappa shape index (κ1) is 13.3. The van der Waals surface area contributed by atoms with Crippen molar-refractivity contribution in [2.24, 2.45) is 0 Å². The molecule has 0 unspecified atom stereocenters. The van der Waals surface area contributed by atoms with E-state index < -0.39 is 0 Å². The second kappa shape index (κ2) is 6.19. The minimum Gasteiger partial charge on any atom is -0.368 e. The highest BCUT2D eigenvalue weighted by Gasteiger charge is 2.18. The lowest BCUT2D eigenvalue weighted by molar-refractivity contribution is 0.652. The van der Waals surface area contributed by atoms with Crippen molar-refractivity contribution in [2.45, 2.75) is 5.88 Å². The van der Waals surface area contributed by atoms with Crippen LogP contribution in [0.4, 0.5) is 11.4 Å². The predicted molar refractivity (Wildman–Crippen MR) is 86.9 cm³/mol. The highest BCUT2D eigenvalue weighted by molar-refractivity contribution is 6.17. The van der Waals surface area contributed by atoms with Crippen LogP contribution in [0.1, 0.15) is 5.56 Å². The van der Waals surface area contributed by atoms with Gasteiger partial charge in [-0.15, -0.1) is 11.6 Å². The molecule has 3 rings (SSSR count). The first-order valence-corrected chi connectivity index (χ1v) is 7.61. The maximum atomic E-state index is 6.04. The predicted octanol–water partition coefficient (Wildman–Crippen LogP) is 3.75. The maximum Gasteiger partial charge on any atom is 0.0494 e. The largest absolute Gasteiger partial charge is 0.368 e. The van der Waals surface area contributed by atoms with Gasteiger partial charge in [-0.25, -0.2) is 0 Å². The van der Waals surface area contributed by atoms with Gasteiger partial charge in [-0.05, 0) is 23.8 Å². The molecule has 0 atom stereocenters. The molecule has 0 saturated carbocycles. The van der Waals surface area contributed by atoms with Gasteiger partial charge in [0.25, 0.3) is 0 Å². The molecular formula is C17H19ClN2. The van der Waals surface area contributed by atoms with E-state index in [9.17, 15) is 0 Å². The number of nitrogens with zero attached hydrogens (tertiary/aromatic N) is 2. The Morgan fingerprint density at radius 3 is 2.05 bits per heavy atom. The molecule has 2 aromatic carbocycles. The zero-order valence-electron chi connectivity index (χ0n) is 11.5. The van der Waals surface area contributed by atoms with Crippen molar-refractivity contribution in [1.82, 2.24) is 0 Å². The standard InChI is InChI=1S/C17H19ClN2/c18-14-15-6-4-5-9-17(15)20-12-10-19(11-13-20)16-7-2-1-3-8-16/h1-9H,10-14H2. The molecule has 3 heteroatoms. The van der Waals surface area contributed by atoms with Gasteiger partial charge in [0.15, 0.2) is 0 Å². The lowest BCUT2D eigenvalue weighted by Crippen LogP contribution is -2.46. The lowest BCUT2D eigenvalue weighted by atomic mass is 10.1. The molecule has 104 valence electrons. The van der Waals surface area contributed by atoms with E-state index in [0.717, 1.165) is 26.2 Å². The third kappa shape index (κ3) is 2.75. The van der Waals surface area contributed by atoms with Gasteiger partial charge in [-0.2, -0.15) is 0 Å². The summed E-state index contributed by atoms with van der Waals surface area (Å²) in [4.78, 5) is 4.89. The molecule has 0 radical (unpaired) electrons. The monoisotopic (exact) mass is 286 g/mol. The maximum absolute atomic E-state index is 6.04. The molecule has 2 aromatic rings. The van der Waals surface area contributed by atoms with E-state index in [1.54, 1.807) is 0 Å². The molecule has 1 saturated heterocycles. The number of anilines is 2. The van der Waals surface area contributed by atoms with Gasteiger partial charge in [0.05, 0.1) is 0 Å². The Labute approximate surface area is 125 Å². The van der Waals surface area contributed by atoms with Crippen LogP contribution < -0.4 is 9.80 Å². The number of rotatable bonds is 3. The minimum atomic E-state index is 0.578. The van der Waals surface area contributed by atoms with Gasteiger partial charge >= 0.3 is 0 Å². The first-order chi connectivity index (χ1) is 9.88. The summed E-state index contributed by atoms with van der Waals surface area (Å²) in [5, 5.41) is 0. The topological polar surface area (TPSA) is 6.48 Å². The number of para-hydroxylation sites is 2. The molecule has 1 fully saturated rings. The molecule has 20 heavy (non-hydrogen) atoms. The van der Waals surface area contributed by atoms with Gasteiger partial charge < -0.3 is 9.80 Å². The Morgan fingerprint density at radius 1 is 0.750 bits per heavy atom. The van der Waals surface area contributed by atoms with Crippen LogP contribution in [0, 0.1) is 0 Å². The third-order valence-electron chi connectivity index (χ3n) is 3.88. The third-order valence-corrected chi connectivity index (χ3v) is 4.17. The molecular weight excluding hydrogens is 268 g/mol. The number of alkyl halides is 1. The second-order valence-corrected chi connectivity index (χ2v) is 5.34. The lowest BCUT2D eigenvalue weighted by Gasteiger charge is -2.38. The smallest absolute Gasteiger partial charge is 0.0494 e. The average Bonchev–Trinajstić information content (AvgIpc) is 2.56. The summed E-state index contributed by atoms with van der Waals surface area (Å²) in [7, 11) is 0. The highest BCUT2D eigenvalue weighted by atomic mass is 35.5. The van der Waals surface area contributed by atoms with Gasteiger partial charge in [-0.3, -0.25) is 0 Å². The second-order valence-electron chi connectivity index (χ2n) is 5.07. The fraction of sp³-hybridized carbons (Fsp3) is 0.294. The Kier molecular flexibility index (Phi) is 4.12. The van der Waals surface area contributed by atoms with E-state index in [1.165, 1.54) is 16.9 Å². The van der Waals surface area contributed by atoms with Gasteiger partial charge in [0.1, 0.15) is 0 Å². The molecule has 0 N–H and O–H groups in total. The Morgan fingerprint density at radius 2 is 1.35 bits per heavy atom. The molecule has 1 heterocycles. The van der Waals surface area contributed by atoms with Crippen LogP contribution in [0.5, 0.6) is 0 Å². The van der Waals surface area contributed by atoms with Crippen molar-refractivity contribution in [1.29, 1.82) is 0 Å². The fourth-order valence-electron chi connectivity index (χ4n) is 2.78. The van der Waals surface area contributed by atoms with Crippen molar-refractivity contribution < 1.29 is 0 Å². The van der Waals surface area contributed by atoms with Crippen LogP contribution in [-0.2, 0) is 5.88 Å². The van der Waals surface area contributed by atoms with Gasteiger partial charge in [0, 0.05) is 43.4 Å². The molecule has 0 amide bonds. The zero-order valence-corrected chi connectivity index (χ0v) is 12.3. The van der Waals surface area contributed by atoms with Gasteiger partial charge in [0.2, 0.25) is 0 Å². The molecule has 0 bridgehead atoms. The van der Waals surface area contributed by atoms with Crippen LogP contribution >= 0.6 is 11.6 Å². The molecule has 0 aromatic heterocycles. The highest BCUT2D eigenvalue weighted by Crippen LogP contribution is 2.24. The van der Waals surface area contributed by atoms with E-state index in [2.05, 4.69) is 64.4 Å². The first-order valence-electron chi connectivity index (χ1n) is 7.07. The van der Waals surface area contributed by atoms with Crippen LogP contribution in [-0.4, -0.2) is 26.2 Å². The SMILES string of the molecule is ClCc1ccccc1N1CCN(c2ccccc2)CC1. The molecule has 1 aliphatic heterocycles. The average molecular weight is 287 g/mol. The Hall–Kier alpha value is -1.67. The number of hydrogen-bond donors (Lipinski definition) is 0. The zero-order chi connectivity index (χ0) is 13.8. The van der Waals surface area contributed by atoms with Crippen LogP contribution in [0.2, 0.25) is 0 Å². The fourth-order valence-corrected chi connectivity index (χ4v) is 3.00. The van der Waals surface area contributed by atoms with Gasteiger partial charge in [-0.1, -0.05) is 36.4 Å². The molecule has 0 aliphatic carbocycles. The summed E-state index contributed by atoms with van der Waals surface area (Å²) in [6, 6.07) is 19.1. The molecule has 0 spiro atoms. The molecule has 2 nitrogen and oxygen atoms in total. The van der Waals surface area contributed by atoms with E-state index >= 15 is 0 Å². The normalized spacial score (nSPS) is 15.4. The van der Waals surface area contributed by atoms with Crippen molar-refractivity contribution in [2.75, 3.05) is 36.0 Å². The van der Waals surface area contributed by atoms with Crippen LogP contribution in [0.25, 0.3) is 0 Å². The van der Waals surface area contributed by atoms with Crippen molar-refractivity contribution in [3.05, 3.63) is 60.2 Å². The summed E-state index contributed by atoms with van der Waals surface area (Å²) >= 11 is 6.04. The van der Waals surface area contributed by atoms with Crippen molar-refractivity contribution in [3.63, 3.8) is 0 Å². The number of piperazine rings is 1. The minimum absolute atomic E-state index is 0.578. The van der Waals surface area contributed by atoms with Crippen molar-refractivity contribution >= 4 is 23.0 Å². The molecule has 1 aliphatic rings. The van der Waals surface area contributed by atoms with E-state index in [0.29, 0.717) is 5.88 Å². The summed E-state index contributed by atoms with van der Waals surface area (Å²) in [5.41, 5.74) is 3.83. The van der Waals surface area contributed by atoms with Crippen LogP contribution in [0.3, 0.4) is 0 Å². The summed E-state index contributed by atoms with van der Waals surface area (Å²) in [6.45, 7) is 4.20. The number of hydrogen-bond acceptors (Lipinski definition) is 2. The Bertz CT molecular complexity index is 548. The number of halogens is 1. The van der Waals surface area contributed by atoms with Crippen molar-refractivity contribution in [3.8, 4) is 0 Å². The summed E-state index contributed by atoms with van der Waals surface area (Å²) in [6.07, 6.45) is 0.